The first-order valence-corrected chi connectivity index (χ1v) is 9.18. The van der Waals surface area contributed by atoms with E-state index in [1.54, 1.807) is 42.5 Å². The predicted molar refractivity (Wildman–Crippen MR) is 107 cm³/mol. The van der Waals surface area contributed by atoms with E-state index in [-0.39, 0.29) is 11.3 Å². The fourth-order valence-corrected chi connectivity index (χ4v) is 2.66. The molecule has 0 atom stereocenters. The minimum absolute atomic E-state index is 0.255. The number of amides is 1. The van der Waals surface area contributed by atoms with Gasteiger partial charge < -0.3 is 14.6 Å². The maximum Gasteiger partial charge on any atom is 0.337 e. The van der Waals surface area contributed by atoms with Gasteiger partial charge in [0.1, 0.15) is 0 Å². The number of methoxy groups -OCH3 is 1. The molecule has 0 saturated heterocycles. The van der Waals surface area contributed by atoms with Gasteiger partial charge in [-0.15, -0.1) is 0 Å². The van der Waals surface area contributed by atoms with Crippen molar-refractivity contribution in [2.45, 2.75) is 32.7 Å². The van der Waals surface area contributed by atoms with E-state index in [2.05, 4.69) is 20.2 Å². The Morgan fingerprint density at radius 3 is 2.38 bits per heavy atom. The summed E-state index contributed by atoms with van der Waals surface area (Å²) in [6.45, 7) is 6.29. The van der Waals surface area contributed by atoms with E-state index in [4.69, 9.17) is 4.52 Å². The molecule has 150 valence electrons. The van der Waals surface area contributed by atoms with Gasteiger partial charge in [-0.25, -0.2) is 4.79 Å². The van der Waals surface area contributed by atoms with Crippen molar-refractivity contribution in [1.29, 1.82) is 0 Å². The summed E-state index contributed by atoms with van der Waals surface area (Å²) in [7, 11) is 1.34. The molecule has 2 aromatic carbocycles. The van der Waals surface area contributed by atoms with Gasteiger partial charge in [-0.1, -0.05) is 50.2 Å². The van der Waals surface area contributed by atoms with E-state index in [1.807, 2.05) is 26.8 Å². The van der Waals surface area contributed by atoms with Crippen molar-refractivity contribution in [3.05, 3.63) is 71.0 Å². The molecule has 1 N–H and O–H groups in total. The molecule has 29 heavy (non-hydrogen) atoms. The highest BCUT2D eigenvalue weighted by Crippen LogP contribution is 2.26. The molecule has 0 aliphatic carbocycles. The highest BCUT2D eigenvalue weighted by atomic mass is 16.5. The highest BCUT2D eigenvalue weighted by Gasteiger charge is 2.23. The lowest BCUT2D eigenvalue weighted by Gasteiger charge is -2.11. The Morgan fingerprint density at radius 2 is 1.76 bits per heavy atom. The summed E-state index contributed by atoms with van der Waals surface area (Å²) in [5, 5.41) is 6.91. The van der Waals surface area contributed by atoms with E-state index in [0.29, 0.717) is 35.0 Å². The molecule has 0 radical (unpaired) electrons. The van der Waals surface area contributed by atoms with E-state index in [1.165, 1.54) is 7.11 Å². The normalized spacial score (nSPS) is 11.2. The molecule has 0 aliphatic heterocycles. The van der Waals surface area contributed by atoms with Gasteiger partial charge in [0.2, 0.25) is 0 Å². The van der Waals surface area contributed by atoms with Crippen molar-refractivity contribution >= 4 is 11.9 Å². The molecular weight excluding hydrogens is 370 g/mol. The Bertz CT molecular complexity index is 1020. The number of esters is 1. The number of hydrogen-bond donors (Lipinski definition) is 1. The SMILES string of the molecule is COC(=O)c1ccc(CNC(=O)c2ccccc2-c2nc(C(C)(C)C)no2)cc1. The van der Waals surface area contributed by atoms with Crippen LogP contribution in [0.25, 0.3) is 11.5 Å². The Morgan fingerprint density at radius 1 is 1.07 bits per heavy atom. The van der Waals surface area contributed by atoms with E-state index in [0.717, 1.165) is 5.56 Å². The third kappa shape index (κ3) is 4.68. The van der Waals surface area contributed by atoms with E-state index >= 15 is 0 Å². The van der Waals surface area contributed by atoms with Gasteiger partial charge in [0.05, 0.1) is 23.8 Å². The maximum absolute atomic E-state index is 12.8. The Balaban J connectivity index is 1.75. The molecule has 0 spiro atoms. The van der Waals surface area contributed by atoms with Crippen LogP contribution in [0, 0.1) is 0 Å². The lowest BCUT2D eigenvalue weighted by molar-refractivity contribution is 0.0600. The molecule has 1 aromatic heterocycles. The minimum atomic E-state index is -0.399. The van der Waals surface area contributed by atoms with Crippen molar-refractivity contribution in [1.82, 2.24) is 15.5 Å². The van der Waals surface area contributed by atoms with Gasteiger partial charge >= 0.3 is 5.97 Å². The summed E-state index contributed by atoms with van der Waals surface area (Å²) in [6.07, 6.45) is 0. The van der Waals surface area contributed by atoms with Crippen LogP contribution in [0.3, 0.4) is 0 Å². The van der Waals surface area contributed by atoms with Crippen LogP contribution in [0.1, 0.15) is 52.9 Å². The van der Waals surface area contributed by atoms with Gasteiger partial charge in [0.25, 0.3) is 11.8 Å². The van der Waals surface area contributed by atoms with Crippen molar-refractivity contribution in [3.8, 4) is 11.5 Å². The van der Waals surface area contributed by atoms with Crippen LogP contribution in [0.4, 0.5) is 0 Å². The average molecular weight is 393 g/mol. The smallest absolute Gasteiger partial charge is 0.337 e. The molecule has 7 heteroatoms. The van der Waals surface area contributed by atoms with E-state index in [9.17, 15) is 9.59 Å². The Kier molecular flexibility index (Phi) is 5.77. The Hall–Kier alpha value is -3.48. The number of hydrogen-bond acceptors (Lipinski definition) is 6. The fraction of sp³-hybridized carbons (Fsp3) is 0.273. The van der Waals surface area contributed by atoms with Crippen LogP contribution < -0.4 is 5.32 Å². The quantitative estimate of drug-likeness (QED) is 0.664. The minimum Gasteiger partial charge on any atom is -0.465 e. The zero-order valence-corrected chi connectivity index (χ0v) is 16.9. The third-order valence-corrected chi connectivity index (χ3v) is 4.33. The number of ether oxygens (including phenoxy) is 1. The number of nitrogens with zero attached hydrogens (tertiary/aromatic N) is 2. The predicted octanol–water partition coefficient (Wildman–Crippen LogP) is 3.75. The second-order valence-electron chi connectivity index (χ2n) is 7.59. The van der Waals surface area contributed by atoms with Crippen molar-refractivity contribution in [2.24, 2.45) is 0 Å². The molecular formula is C22H23N3O4. The van der Waals surface area contributed by atoms with Crippen LogP contribution in [0.5, 0.6) is 0 Å². The molecule has 3 rings (SSSR count). The zero-order chi connectivity index (χ0) is 21.0. The molecule has 1 heterocycles. The standard InChI is InChI=1S/C22H23N3O4/c1-22(2,3)21-24-19(29-25-21)17-8-6-5-7-16(17)18(26)23-13-14-9-11-15(12-10-14)20(27)28-4/h5-12H,13H2,1-4H3,(H,23,26). The molecule has 0 unspecified atom stereocenters. The number of aromatic nitrogens is 2. The lowest BCUT2D eigenvalue weighted by Crippen LogP contribution is -2.23. The summed E-state index contributed by atoms with van der Waals surface area (Å²) < 4.78 is 10.1. The number of carbonyl (C=O) groups excluding carboxylic acids is 2. The third-order valence-electron chi connectivity index (χ3n) is 4.33. The molecule has 0 fully saturated rings. The summed E-state index contributed by atoms with van der Waals surface area (Å²) in [6, 6.07) is 14.0. The molecule has 3 aromatic rings. The van der Waals surface area contributed by atoms with Crippen molar-refractivity contribution in [2.75, 3.05) is 7.11 Å². The van der Waals surface area contributed by atoms with Crippen LogP contribution in [0.2, 0.25) is 0 Å². The first kappa shape index (κ1) is 20.3. The monoisotopic (exact) mass is 393 g/mol. The first-order valence-electron chi connectivity index (χ1n) is 9.18. The first-order chi connectivity index (χ1) is 13.8. The molecule has 1 amide bonds. The number of nitrogens with one attached hydrogen (secondary N) is 1. The number of benzene rings is 2. The van der Waals surface area contributed by atoms with Crippen molar-refractivity contribution < 1.29 is 18.8 Å². The van der Waals surface area contributed by atoms with Gasteiger partial charge in [0.15, 0.2) is 5.82 Å². The number of rotatable bonds is 5. The van der Waals surface area contributed by atoms with Crippen LogP contribution in [0.15, 0.2) is 53.1 Å². The van der Waals surface area contributed by atoms with Crippen LogP contribution >= 0.6 is 0 Å². The Labute approximate surface area is 169 Å². The summed E-state index contributed by atoms with van der Waals surface area (Å²) >= 11 is 0. The summed E-state index contributed by atoms with van der Waals surface area (Å²) in [5.41, 5.74) is 2.09. The second-order valence-corrected chi connectivity index (χ2v) is 7.59. The second kappa shape index (κ2) is 8.26. The highest BCUT2D eigenvalue weighted by molar-refractivity contribution is 5.99. The van der Waals surface area contributed by atoms with Crippen LogP contribution in [-0.4, -0.2) is 29.1 Å². The average Bonchev–Trinajstić information content (AvgIpc) is 3.22. The largest absolute Gasteiger partial charge is 0.465 e. The lowest BCUT2D eigenvalue weighted by atomic mass is 9.96. The molecule has 7 nitrogen and oxygen atoms in total. The summed E-state index contributed by atoms with van der Waals surface area (Å²) in [4.78, 5) is 28.7. The number of carbonyl (C=O) groups is 2. The van der Waals surface area contributed by atoms with Gasteiger partial charge in [0, 0.05) is 12.0 Å². The molecule has 0 bridgehead atoms. The topological polar surface area (TPSA) is 94.3 Å². The summed E-state index contributed by atoms with van der Waals surface area (Å²) in [5.74, 6) is 0.230. The molecule has 0 aliphatic rings. The van der Waals surface area contributed by atoms with E-state index < -0.39 is 5.97 Å². The van der Waals surface area contributed by atoms with Gasteiger partial charge in [-0.3, -0.25) is 4.79 Å². The van der Waals surface area contributed by atoms with Crippen molar-refractivity contribution in [3.63, 3.8) is 0 Å². The molecule has 0 saturated carbocycles. The fourth-order valence-electron chi connectivity index (χ4n) is 2.66. The van der Waals surface area contributed by atoms with Gasteiger partial charge in [-0.2, -0.15) is 4.98 Å². The maximum atomic E-state index is 12.8. The van der Waals surface area contributed by atoms with Gasteiger partial charge in [-0.05, 0) is 29.8 Å². The zero-order valence-electron chi connectivity index (χ0n) is 16.9. The van der Waals surface area contributed by atoms with Crippen LogP contribution in [-0.2, 0) is 16.7 Å².